The lowest BCUT2D eigenvalue weighted by atomic mass is 9.87. The summed E-state index contributed by atoms with van der Waals surface area (Å²) in [5.41, 5.74) is 2.26. The summed E-state index contributed by atoms with van der Waals surface area (Å²) < 4.78 is 11.0. The van der Waals surface area contributed by atoms with Gasteiger partial charge in [-0.05, 0) is 35.9 Å². The largest absolute Gasteiger partial charge is 0.497 e. The summed E-state index contributed by atoms with van der Waals surface area (Å²) in [6.07, 6.45) is 0. The van der Waals surface area contributed by atoms with E-state index >= 15 is 0 Å². The second-order valence-corrected chi connectivity index (χ2v) is 8.62. The summed E-state index contributed by atoms with van der Waals surface area (Å²) in [6.45, 7) is 1.04. The smallest absolute Gasteiger partial charge is 0.255 e. The third-order valence-electron chi connectivity index (χ3n) is 6.19. The zero-order valence-corrected chi connectivity index (χ0v) is 19.9. The van der Waals surface area contributed by atoms with Crippen molar-refractivity contribution >= 4 is 23.4 Å². The van der Waals surface area contributed by atoms with E-state index in [2.05, 4.69) is 5.32 Å². The number of ether oxygens (including phenoxy) is 2. The van der Waals surface area contributed by atoms with Crippen LogP contribution in [0.2, 0.25) is 5.02 Å². The molecule has 34 heavy (non-hydrogen) atoms. The summed E-state index contributed by atoms with van der Waals surface area (Å²) >= 11 is 6.29. The van der Waals surface area contributed by atoms with Crippen molar-refractivity contribution in [2.45, 2.75) is 12.5 Å². The van der Waals surface area contributed by atoms with Crippen molar-refractivity contribution in [3.63, 3.8) is 0 Å². The predicted molar refractivity (Wildman–Crippen MR) is 131 cm³/mol. The molecule has 0 unspecified atom stereocenters. The van der Waals surface area contributed by atoms with Gasteiger partial charge in [0.1, 0.15) is 11.5 Å². The van der Waals surface area contributed by atoms with Crippen LogP contribution in [-0.2, 0) is 11.3 Å². The third-order valence-corrected chi connectivity index (χ3v) is 6.52. The van der Waals surface area contributed by atoms with Crippen molar-refractivity contribution in [3.8, 4) is 11.5 Å². The van der Waals surface area contributed by atoms with Gasteiger partial charge in [-0.1, -0.05) is 54.1 Å². The highest BCUT2D eigenvalue weighted by Gasteiger charge is 2.42. The molecule has 3 aromatic rings. The normalized spacial score (nSPS) is 17.3. The first-order chi connectivity index (χ1) is 16.5. The van der Waals surface area contributed by atoms with Gasteiger partial charge in [-0.25, -0.2) is 0 Å². The van der Waals surface area contributed by atoms with Gasteiger partial charge in [0, 0.05) is 31.1 Å². The van der Waals surface area contributed by atoms with Crippen LogP contribution in [0.25, 0.3) is 0 Å². The van der Waals surface area contributed by atoms with Gasteiger partial charge < -0.3 is 19.7 Å². The average molecular weight is 479 g/mol. The first-order valence-electron chi connectivity index (χ1n) is 11.1. The molecule has 6 nitrogen and oxygen atoms in total. The van der Waals surface area contributed by atoms with Crippen molar-refractivity contribution in [2.75, 3.05) is 27.3 Å². The molecule has 7 heteroatoms. The maximum absolute atomic E-state index is 13.4. The molecule has 1 aliphatic rings. The Labute approximate surface area is 204 Å². The van der Waals surface area contributed by atoms with Crippen LogP contribution in [0, 0.1) is 5.92 Å². The number of carbonyl (C=O) groups is 2. The lowest BCUT2D eigenvalue weighted by Crippen LogP contribution is -2.35. The second kappa shape index (κ2) is 10.6. The van der Waals surface area contributed by atoms with Crippen LogP contribution in [-0.4, -0.2) is 44.0 Å². The van der Waals surface area contributed by atoms with Crippen LogP contribution in [0.5, 0.6) is 11.5 Å². The minimum atomic E-state index is -0.462. The molecule has 0 saturated carbocycles. The molecule has 2 amide bonds. The Morgan fingerprint density at radius 1 is 0.971 bits per heavy atom. The van der Waals surface area contributed by atoms with Gasteiger partial charge in [-0.2, -0.15) is 0 Å². The van der Waals surface area contributed by atoms with Gasteiger partial charge in [0.05, 0.1) is 30.7 Å². The number of hydrogen-bond donors (Lipinski definition) is 1. The molecule has 1 heterocycles. The topological polar surface area (TPSA) is 67.9 Å². The molecule has 0 spiro atoms. The van der Waals surface area contributed by atoms with E-state index < -0.39 is 5.92 Å². The summed E-state index contributed by atoms with van der Waals surface area (Å²) in [4.78, 5) is 28.4. The zero-order valence-electron chi connectivity index (χ0n) is 19.2. The molecule has 2 atom stereocenters. The summed E-state index contributed by atoms with van der Waals surface area (Å²) in [5.74, 6) is 0.265. The van der Waals surface area contributed by atoms with Gasteiger partial charge in [0.2, 0.25) is 5.91 Å². The number of methoxy groups -OCH3 is 2. The van der Waals surface area contributed by atoms with Gasteiger partial charge in [-0.15, -0.1) is 0 Å². The van der Waals surface area contributed by atoms with E-state index in [1.807, 2.05) is 48.5 Å². The quantitative estimate of drug-likeness (QED) is 0.541. The number of nitrogens with zero attached hydrogens (tertiary/aromatic N) is 1. The predicted octanol–water partition coefficient (Wildman–Crippen LogP) is 4.53. The number of nitrogens with one attached hydrogen (secondary N) is 1. The van der Waals surface area contributed by atoms with E-state index in [-0.39, 0.29) is 24.3 Å². The van der Waals surface area contributed by atoms with E-state index in [0.717, 1.165) is 11.1 Å². The number of likely N-dealkylation sites (tertiary alicyclic amines) is 1. The van der Waals surface area contributed by atoms with Crippen LogP contribution in [0.15, 0.2) is 72.8 Å². The van der Waals surface area contributed by atoms with E-state index in [1.54, 1.807) is 43.4 Å². The van der Waals surface area contributed by atoms with Gasteiger partial charge >= 0.3 is 0 Å². The van der Waals surface area contributed by atoms with Crippen molar-refractivity contribution in [1.82, 2.24) is 10.2 Å². The number of benzene rings is 3. The Morgan fingerprint density at radius 2 is 1.71 bits per heavy atom. The Balaban J connectivity index is 1.64. The summed E-state index contributed by atoms with van der Waals surface area (Å²) in [5, 5.41) is 3.43. The maximum atomic E-state index is 13.4. The number of rotatable bonds is 7. The number of carbonyl (C=O) groups excluding carboxylic acids is 2. The minimum absolute atomic E-state index is 0.117. The Kier molecular flexibility index (Phi) is 7.38. The molecule has 0 aliphatic carbocycles. The second-order valence-electron chi connectivity index (χ2n) is 8.21. The molecule has 1 fully saturated rings. The molecule has 1 N–H and O–H groups in total. The summed E-state index contributed by atoms with van der Waals surface area (Å²) in [7, 11) is 3.19. The van der Waals surface area contributed by atoms with E-state index in [0.29, 0.717) is 35.2 Å². The zero-order chi connectivity index (χ0) is 24.1. The van der Waals surface area contributed by atoms with E-state index in [9.17, 15) is 9.59 Å². The highest BCUT2D eigenvalue weighted by Crippen LogP contribution is 2.40. The highest BCUT2D eigenvalue weighted by molar-refractivity contribution is 6.33. The highest BCUT2D eigenvalue weighted by atomic mass is 35.5. The fourth-order valence-electron chi connectivity index (χ4n) is 4.40. The van der Waals surface area contributed by atoms with Crippen LogP contribution in [0.3, 0.4) is 0 Å². The Morgan fingerprint density at radius 3 is 2.41 bits per heavy atom. The summed E-state index contributed by atoms with van der Waals surface area (Å²) in [6, 6.07) is 22.2. The third kappa shape index (κ3) is 5.02. The van der Waals surface area contributed by atoms with Gasteiger partial charge in [0.15, 0.2) is 0 Å². The van der Waals surface area contributed by atoms with Crippen LogP contribution < -0.4 is 14.8 Å². The van der Waals surface area contributed by atoms with Crippen LogP contribution in [0.1, 0.15) is 27.4 Å². The molecule has 176 valence electrons. The number of amides is 2. The monoisotopic (exact) mass is 478 g/mol. The molecule has 0 bridgehead atoms. The SMILES string of the molecule is COc1ccc(OC)c([C@@H]2CN(C(=O)c3ccccc3Cl)C[C@H]2C(=O)NCc2ccccc2)c1. The minimum Gasteiger partial charge on any atom is -0.497 e. The molecular weight excluding hydrogens is 452 g/mol. The number of hydrogen-bond acceptors (Lipinski definition) is 4. The van der Waals surface area contributed by atoms with Crippen molar-refractivity contribution in [1.29, 1.82) is 0 Å². The van der Waals surface area contributed by atoms with E-state index in [1.165, 1.54) is 0 Å². The molecule has 0 radical (unpaired) electrons. The average Bonchev–Trinajstić information content (AvgIpc) is 3.33. The number of halogens is 1. The fraction of sp³-hybridized carbons (Fsp3) is 0.259. The van der Waals surface area contributed by atoms with Crippen molar-refractivity contribution in [2.24, 2.45) is 5.92 Å². The van der Waals surface area contributed by atoms with Crippen molar-refractivity contribution in [3.05, 3.63) is 94.5 Å². The lowest BCUT2D eigenvalue weighted by molar-refractivity contribution is -0.125. The Bertz CT molecular complexity index is 1170. The first-order valence-corrected chi connectivity index (χ1v) is 11.5. The van der Waals surface area contributed by atoms with E-state index in [4.69, 9.17) is 21.1 Å². The van der Waals surface area contributed by atoms with Crippen LogP contribution >= 0.6 is 11.6 Å². The molecule has 0 aromatic heterocycles. The molecule has 3 aromatic carbocycles. The Hall–Kier alpha value is -3.51. The fourth-order valence-corrected chi connectivity index (χ4v) is 4.62. The molecule has 1 aliphatic heterocycles. The van der Waals surface area contributed by atoms with Gasteiger partial charge in [-0.3, -0.25) is 9.59 Å². The maximum Gasteiger partial charge on any atom is 0.255 e. The van der Waals surface area contributed by atoms with Crippen molar-refractivity contribution < 1.29 is 19.1 Å². The molecular formula is C27H27ClN2O4. The van der Waals surface area contributed by atoms with Crippen LogP contribution in [0.4, 0.5) is 0 Å². The van der Waals surface area contributed by atoms with Gasteiger partial charge in [0.25, 0.3) is 5.91 Å². The lowest BCUT2D eigenvalue weighted by Gasteiger charge is -2.21. The standard InChI is InChI=1S/C27H27ClN2O4/c1-33-19-12-13-25(34-2)21(14-19)22-16-30(27(32)20-10-6-7-11-24(20)28)17-23(22)26(31)29-15-18-8-4-3-5-9-18/h3-14,22-23H,15-17H2,1-2H3,(H,29,31)/t22-,23+/m0/s1. The first kappa shape index (κ1) is 23.6. The molecule has 4 rings (SSSR count). The molecule has 1 saturated heterocycles.